The van der Waals surface area contributed by atoms with Gasteiger partial charge >= 0.3 is 0 Å². The van der Waals surface area contributed by atoms with Crippen LogP contribution in [0.25, 0.3) is 0 Å². The van der Waals surface area contributed by atoms with Crippen LogP contribution in [0.1, 0.15) is 33.6 Å². The van der Waals surface area contributed by atoms with Crippen LogP contribution in [0.15, 0.2) is 0 Å². The molecular weight excluding hydrogens is 242 g/mol. The van der Waals surface area contributed by atoms with E-state index in [-0.39, 0.29) is 11.3 Å². The number of alkyl halides is 1. The van der Waals surface area contributed by atoms with Gasteiger partial charge in [-0.25, -0.2) is 0 Å². The highest BCUT2D eigenvalue weighted by molar-refractivity contribution is 9.09. The Labute approximate surface area is 95.0 Å². The van der Waals surface area contributed by atoms with E-state index in [1.54, 1.807) is 0 Å². The van der Waals surface area contributed by atoms with E-state index >= 15 is 0 Å². The van der Waals surface area contributed by atoms with Crippen molar-refractivity contribution in [2.45, 2.75) is 33.6 Å². The van der Waals surface area contributed by atoms with Crippen molar-refractivity contribution in [3.05, 3.63) is 0 Å². The number of hydrogen-bond acceptors (Lipinski definition) is 1. The second-order valence-electron chi connectivity index (χ2n) is 5.14. The predicted molar refractivity (Wildman–Crippen MR) is 62.5 cm³/mol. The quantitative estimate of drug-likeness (QED) is 0.758. The Morgan fingerprint density at radius 3 is 2.57 bits per heavy atom. The van der Waals surface area contributed by atoms with Gasteiger partial charge in [0.2, 0.25) is 5.91 Å². The third-order valence-corrected chi connectivity index (χ3v) is 3.36. The molecule has 2 atom stereocenters. The lowest BCUT2D eigenvalue weighted by molar-refractivity contribution is -0.123. The summed E-state index contributed by atoms with van der Waals surface area (Å²) >= 11 is 3.43. The zero-order valence-electron chi connectivity index (χ0n) is 9.27. The molecule has 0 spiro atoms. The molecular formula is C11H20BrNO. The van der Waals surface area contributed by atoms with Crippen LogP contribution in [0, 0.1) is 17.3 Å². The number of carbonyl (C=O) groups is 1. The van der Waals surface area contributed by atoms with Gasteiger partial charge in [0.15, 0.2) is 0 Å². The Hall–Kier alpha value is -0.0500. The monoisotopic (exact) mass is 261 g/mol. The molecule has 0 aromatic rings. The van der Waals surface area contributed by atoms with Gasteiger partial charge in [-0.3, -0.25) is 4.79 Å². The first-order valence-electron chi connectivity index (χ1n) is 5.30. The van der Waals surface area contributed by atoms with Crippen LogP contribution in [0.5, 0.6) is 0 Å². The van der Waals surface area contributed by atoms with Crippen molar-refractivity contribution < 1.29 is 4.79 Å². The van der Waals surface area contributed by atoms with Crippen molar-refractivity contribution in [2.24, 2.45) is 17.3 Å². The molecule has 1 fully saturated rings. The first-order valence-corrected chi connectivity index (χ1v) is 6.42. The Morgan fingerprint density at radius 1 is 1.57 bits per heavy atom. The molecule has 0 aliphatic heterocycles. The predicted octanol–water partition coefficient (Wildman–Crippen LogP) is 2.57. The molecule has 0 saturated heterocycles. The Balaban J connectivity index is 2.22. The van der Waals surface area contributed by atoms with E-state index in [0.717, 1.165) is 24.7 Å². The Morgan fingerprint density at radius 2 is 2.14 bits per heavy atom. The maximum Gasteiger partial charge on any atom is 0.223 e. The first kappa shape index (κ1) is 12.0. The second kappa shape index (κ2) is 4.65. The van der Waals surface area contributed by atoms with Gasteiger partial charge in [-0.15, -0.1) is 0 Å². The fraction of sp³-hybridized carbons (Fsp3) is 0.909. The van der Waals surface area contributed by atoms with E-state index < -0.39 is 0 Å². The van der Waals surface area contributed by atoms with Crippen LogP contribution in [0.4, 0.5) is 0 Å². The number of rotatable bonds is 5. The van der Waals surface area contributed by atoms with Crippen LogP contribution in [-0.2, 0) is 4.79 Å². The Bertz CT molecular complexity index is 215. The van der Waals surface area contributed by atoms with Crippen LogP contribution in [-0.4, -0.2) is 17.8 Å². The molecule has 2 nitrogen and oxygen atoms in total. The van der Waals surface area contributed by atoms with E-state index in [4.69, 9.17) is 0 Å². The lowest BCUT2D eigenvalue weighted by atomic mass is 9.90. The molecule has 3 heteroatoms. The zero-order chi connectivity index (χ0) is 10.8. The number of nitrogens with one attached hydrogen (secondary N) is 1. The molecule has 14 heavy (non-hydrogen) atoms. The molecule has 1 saturated carbocycles. The fourth-order valence-corrected chi connectivity index (χ4v) is 2.56. The van der Waals surface area contributed by atoms with Crippen molar-refractivity contribution in [1.82, 2.24) is 5.32 Å². The minimum Gasteiger partial charge on any atom is -0.355 e. The standard InChI is InChI=1S/C11H20BrNO/c1-8-6-9(8)10(14)13-7-11(2,3)4-5-12/h8-9H,4-7H2,1-3H3,(H,13,14). The minimum atomic E-state index is 0.206. The third-order valence-electron chi connectivity index (χ3n) is 2.96. The third kappa shape index (κ3) is 3.60. The van der Waals surface area contributed by atoms with Crippen LogP contribution in [0.2, 0.25) is 0 Å². The summed E-state index contributed by atoms with van der Waals surface area (Å²) in [5.41, 5.74) is 0.206. The largest absolute Gasteiger partial charge is 0.355 e. The van der Waals surface area contributed by atoms with E-state index in [1.165, 1.54) is 0 Å². The van der Waals surface area contributed by atoms with Gasteiger partial charge in [0, 0.05) is 17.8 Å². The van der Waals surface area contributed by atoms with E-state index in [9.17, 15) is 4.79 Å². The molecule has 1 aliphatic carbocycles. The molecule has 1 N–H and O–H groups in total. The highest BCUT2D eigenvalue weighted by Gasteiger charge is 2.39. The van der Waals surface area contributed by atoms with Crippen molar-refractivity contribution in [3.8, 4) is 0 Å². The SMILES string of the molecule is CC1CC1C(=O)NCC(C)(C)CCBr. The average Bonchev–Trinajstić information content (AvgIpc) is 2.79. The van der Waals surface area contributed by atoms with Crippen molar-refractivity contribution in [2.75, 3.05) is 11.9 Å². The summed E-state index contributed by atoms with van der Waals surface area (Å²) in [6.07, 6.45) is 2.16. The summed E-state index contributed by atoms with van der Waals surface area (Å²) in [7, 11) is 0. The lowest BCUT2D eigenvalue weighted by Crippen LogP contribution is -2.35. The molecule has 0 aromatic carbocycles. The van der Waals surface area contributed by atoms with Crippen LogP contribution < -0.4 is 5.32 Å². The first-order chi connectivity index (χ1) is 6.46. The summed E-state index contributed by atoms with van der Waals surface area (Å²) < 4.78 is 0. The second-order valence-corrected chi connectivity index (χ2v) is 5.93. The molecule has 0 bridgehead atoms. The molecule has 1 aliphatic rings. The number of carbonyl (C=O) groups excluding carboxylic acids is 1. The number of hydrogen-bond donors (Lipinski definition) is 1. The van der Waals surface area contributed by atoms with Crippen LogP contribution in [0.3, 0.4) is 0 Å². The molecule has 1 amide bonds. The van der Waals surface area contributed by atoms with E-state index in [2.05, 4.69) is 42.0 Å². The summed E-state index contributed by atoms with van der Waals surface area (Å²) in [6, 6.07) is 0. The van der Waals surface area contributed by atoms with E-state index in [1.807, 2.05) is 0 Å². The molecule has 2 unspecified atom stereocenters. The normalized spacial score (nSPS) is 26.0. The van der Waals surface area contributed by atoms with Crippen LogP contribution >= 0.6 is 15.9 Å². The summed E-state index contributed by atoms with van der Waals surface area (Å²) in [4.78, 5) is 11.5. The van der Waals surface area contributed by atoms with Gasteiger partial charge in [0.05, 0.1) is 0 Å². The van der Waals surface area contributed by atoms with Crippen molar-refractivity contribution in [1.29, 1.82) is 0 Å². The number of amides is 1. The molecule has 82 valence electrons. The van der Waals surface area contributed by atoms with Gasteiger partial charge in [-0.2, -0.15) is 0 Å². The zero-order valence-corrected chi connectivity index (χ0v) is 10.9. The molecule has 0 radical (unpaired) electrons. The summed E-state index contributed by atoms with van der Waals surface area (Å²) in [6.45, 7) is 7.30. The van der Waals surface area contributed by atoms with E-state index in [0.29, 0.717) is 11.8 Å². The van der Waals surface area contributed by atoms with Gasteiger partial charge in [-0.05, 0) is 24.2 Å². The fourth-order valence-electron chi connectivity index (χ4n) is 1.49. The summed E-state index contributed by atoms with van der Waals surface area (Å²) in [5, 5.41) is 4.04. The molecule has 0 heterocycles. The van der Waals surface area contributed by atoms with Crippen molar-refractivity contribution >= 4 is 21.8 Å². The van der Waals surface area contributed by atoms with Gasteiger partial charge in [0.1, 0.15) is 0 Å². The number of halogens is 1. The smallest absolute Gasteiger partial charge is 0.223 e. The maximum absolute atomic E-state index is 11.5. The topological polar surface area (TPSA) is 29.1 Å². The molecule has 1 rings (SSSR count). The minimum absolute atomic E-state index is 0.206. The average molecular weight is 262 g/mol. The van der Waals surface area contributed by atoms with Crippen molar-refractivity contribution in [3.63, 3.8) is 0 Å². The lowest BCUT2D eigenvalue weighted by Gasteiger charge is -2.23. The highest BCUT2D eigenvalue weighted by Crippen LogP contribution is 2.37. The highest BCUT2D eigenvalue weighted by atomic mass is 79.9. The maximum atomic E-state index is 11.5. The molecule has 0 aromatic heterocycles. The van der Waals surface area contributed by atoms with Gasteiger partial charge in [-0.1, -0.05) is 36.7 Å². The van der Waals surface area contributed by atoms with Gasteiger partial charge in [0.25, 0.3) is 0 Å². The Kier molecular flexibility index (Phi) is 3.99. The van der Waals surface area contributed by atoms with Gasteiger partial charge < -0.3 is 5.32 Å². The summed E-state index contributed by atoms with van der Waals surface area (Å²) in [5.74, 6) is 1.16.